The molecule has 16 heavy (non-hydrogen) atoms. The van der Waals surface area contributed by atoms with Gasteiger partial charge in [0.25, 0.3) is 0 Å². The molecule has 1 amide bonds. The lowest BCUT2D eigenvalue weighted by molar-refractivity contribution is -0.135. The first-order valence-corrected chi connectivity index (χ1v) is 5.40. The molecule has 1 aromatic rings. The van der Waals surface area contributed by atoms with Crippen LogP contribution in [0.2, 0.25) is 0 Å². The number of hydrogen-bond donors (Lipinski definition) is 1. The van der Waals surface area contributed by atoms with E-state index in [9.17, 15) is 4.79 Å². The lowest BCUT2D eigenvalue weighted by atomic mass is 9.79. The maximum atomic E-state index is 11.6. The fraction of sp³-hybridized carbons (Fsp3) is 0.545. The molecule has 0 bridgehead atoms. The Morgan fingerprint density at radius 3 is 2.81 bits per heavy atom. The van der Waals surface area contributed by atoms with E-state index < -0.39 is 0 Å². The SMILES string of the molecule is CN(C)C(=O)C1CC(Nc2ccncn2)C1. The van der Waals surface area contributed by atoms with Crippen molar-refractivity contribution in [2.45, 2.75) is 18.9 Å². The topological polar surface area (TPSA) is 58.1 Å². The number of hydrogen-bond acceptors (Lipinski definition) is 4. The van der Waals surface area contributed by atoms with Crippen molar-refractivity contribution in [3.8, 4) is 0 Å². The molecule has 0 unspecified atom stereocenters. The Morgan fingerprint density at radius 1 is 1.50 bits per heavy atom. The number of aromatic nitrogens is 2. The average molecular weight is 220 g/mol. The summed E-state index contributed by atoms with van der Waals surface area (Å²) in [5.74, 6) is 1.23. The quantitative estimate of drug-likeness (QED) is 0.817. The Hall–Kier alpha value is -1.65. The fourth-order valence-corrected chi connectivity index (χ4v) is 1.89. The van der Waals surface area contributed by atoms with Crippen molar-refractivity contribution in [3.05, 3.63) is 18.6 Å². The van der Waals surface area contributed by atoms with Crippen molar-refractivity contribution in [1.82, 2.24) is 14.9 Å². The Morgan fingerprint density at radius 2 is 2.25 bits per heavy atom. The van der Waals surface area contributed by atoms with Crippen molar-refractivity contribution in [1.29, 1.82) is 0 Å². The van der Waals surface area contributed by atoms with Crippen LogP contribution in [0.25, 0.3) is 0 Å². The van der Waals surface area contributed by atoms with Gasteiger partial charge in [-0.15, -0.1) is 0 Å². The Bertz CT molecular complexity index is 360. The molecular weight excluding hydrogens is 204 g/mol. The van der Waals surface area contributed by atoms with Crippen LogP contribution in [0.1, 0.15) is 12.8 Å². The summed E-state index contributed by atoms with van der Waals surface area (Å²) in [6.45, 7) is 0. The van der Waals surface area contributed by atoms with E-state index in [1.165, 1.54) is 6.33 Å². The monoisotopic (exact) mass is 220 g/mol. The van der Waals surface area contributed by atoms with Gasteiger partial charge in [-0.25, -0.2) is 9.97 Å². The first kappa shape index (κ1) is 10.9. The number of carbonyl (C=O) groups excluding carboxylic acids is 1. The molecule has 1 heterocycles. The van der Waals surface area contributed by atoms with Gasteiger partial charge in [-0.2, -0.15) is 0 Å². The van der Waals surface area contributed by atoms with Crippen LogP contribution in [0, 0.1) is 5.92 Å². The van der Waals surface area contributed by atoms with Crippen LogP contribution < -0.4 is 5.32 Å². The molecule has 0 spiro atoms. The maximum Gasteiger partial charge on any atom is 0.225 e. The van der Waals surface area contributed by atoms with Crippen LogP contribution in [0.3, 0.4) is 0 Å². The molecule has 5 heteroatoms. The summed E-state index contributed by atoms with van der Waals surface area (Å²) in [5.41, 5.74) is 0. The van der Waals surface area contributed by atoms with Crippen LogP contribution in [0.15, 0.2) is 18.6 Å². The minimum Gasteiger partial charge on any atom is -0.367 e. The van der Waals surface area contributed by atoms with Gasteiger partial charge in [-0.1, -0.05) is 0 Å². The molecule has 0 aromatic carbocycles. The highest BCUT2D eigenvalue weighted by molar-refractivity contribution is 5.79. The van der Waals surface area contributed by atoms with Crippen LogP contribution in [0.5, 0.6) is 0 Å². The third-order valence-electron chi connectivity index (χ3n) is 2.86. The molecule has 0 aliphatic heterocycles. The van der Waals surface area contributed by atoms with Gasteiger partial charge in [0.1, 0.15) is 12.1 Å². The number of anilines is 1. The molecule has 0 saturated heterocycles. The molecule has 1 fully saturated rings. The van der Waals surface area contributed by atoms with Crippen molar-refractivity contribution in [2.75, 3.05) is 19.4 Å². The molecule has 1 aromatic heterocycles. The molecule has 1 aliphatic rings. The zero-order chi connectivity index (χ0) is 11.5. The summed E-state index contributed by atoms with van der Waals surface area (Å²) in [6.07, 6.45) is 5.00. The van der Waals surface area contributed by atoms with Crippen molar-refractivity contribution in [2.24, 2.45) is 5.92 Å². The third-order valence-corrected chi connectivity index (χ3v) is 2.86. The molecule has 1 aliphatic carbocycles. The van der Waals surface area contributed by atoms with E-state index >= 15 is 0 Å². The molecule has 5 nitrogen and oxygen atoms in total. The normalized spacial score (nSPS) is 23.4. The third kappa shape index (κ3) is 2.29. The molecular formula is C11H16N4O. The van der Waals surface area contributed by atoms with E-state index in [0.29, 0.717) is 6.04 Å². The lowest BCUT2D eigenvalue weighted by Gasteiger charge is -2.36. The first-order valence-electron chi connectivity index (χ1n) is 5.40. The van der Waals surface area contributed by atoms with Gasteiger partial charge in [0.15, 0.2) is 0 Å². The first-order chi connectivity index (χ1) is 7.66. The van der Waals surface area contributed by atoms with Crippen LogP contribution in [-0.2, 0) is 4.79 Å². The average Bonchev–Trinajstić information content (AvgIpc) is 2.23. The summed E-state index contributed by atoms with van der Waals surface area (Å²) in [5, 5.41) is 3.28. The number of amides is 1. The predicted molar refractivity (Wildman–Crippen MR) is 60.9 cm³/mol. The Labute approximate surface area is 94.9 Å². The molecule has 1 N–H and O–H groups in total. The van der Waals surface area contributed by atoms with E-state index in [0.717, 1.165) is 18.7 Å². The molecule has 2 rings (SSSR count). The van der Waals surface area contributed by atoms with E-state index in [1.807, 2.05) is 6.07 Å². The molecule has 0 radical (unpaired) electrons. The highest BCUT2D eigenvalue weighted by atomic mass is 16.2. The van der Waals surface area contributed by atoms with E-state index in [1.54, 1.807) is 25.2 Å². The van der Waals surface area contributed by atoms with Gasteiger partial charge >= 0.3 is 0 Å². The summed E-state index contributed by atoms with van der Waals surface area (Å²) in [4.78, 5) is 21.2. The highest BCUT2D eigenvalue weighted by Gasteiger charge is 2.35. The highest BCUT2D eigenvalue weighted by Crippen LogP contribution is 2.30. The van der Waals surface area contributed by atoms with Crippen LogP contribution >= 0.6 is 0 Å². The number of carbonyl (C=O) groups is 1. The lowest BCUT2D eigenvalue weighted by Crippen LogP contribution is -2.44. The standard InChI is InChI=1S/C11H16N4O/c1-15(2)11(16)8-5-9(6-8)14-10-3-4-12-7-13-10/h3-4,7-9H,5-6H2,1-2H3,(H,12,13,14). The van der Waals surface area contributed by atoms with Gasteiger partial charge < -0.3 is 10.2 Å². The van der Waals surface area contributed by atoms with Gasteiger partial charge in [0, 0.05) is 32.3 Å². The van der Waals surface area contributed by atoms with Gasteiger partial charge in [0.05, 0.1) is 0 Å². The van der Waals surface area contributed by atoms with Crippen molar-refractivity contribution >= 4 is 11.7 Å². The summed E-state index contributed by atoms with van der Waals surface area (Å²) >= 11 is 0. The minimum absolute atomic E-state index is 0.175. The van der Waals surface area contributed by atoms with Gasteiger partial charge in [0.2, 0.25) is 5.91 Å². The van der Waals surface area contributed by atoms with Crippen molar-refractivity contribution in [3.63, 3.8) is 0 Å². The fourth-order valence-electron chi connectivity index (χ4n) is 1.89. The minimum atomic E-state index is 0.175. The number of nitrogens with one attached hydrogen (secondary N) is 1. The van der Waals surface area contributed by atoms with E-state index in [4.69, 9.17) is 0 Å². The van der Waals surface area contributed by atoms with E-state index in [2.05, 4.69) is 15.3 Å². The van der Waals surface area contributed by atoms with Crippen LogP contribution in [0.4, 0.5) is 5.82 Å². The van der Waals surface area contributed by atoms with Gasteiger partial charge in [-0.05, 0) is 18.9 Å². The molecule has 1 saturated carbocycles. The van der Waals surface area contributed by atoms with Crippen molar-refractivity contribution < 1.29 is 4.79 Å². The predicted octanol–water partition coefficient (Wildman–Crippen LogP) is 0.755. The summed E-state index contributed by atoms with van der Waals surface area (Å²) in [7, 11) is 3.60. The smallest absolute Gasteiger partial charge is 0.225 e. The zero-order valence-corrected chi connectivity index (χ0v) is 9.55. The maximum absolute atomic E-state index is 11.6. The Kier molecular flexibility index (Phi) is 3.03. The largest absolute Gasteiger partial charge is 0.367 e. The number of nitrogens with zero attached hydrogens (tertiary/aromatic N) is 3. The summed E-state index contributed by atoms with van der Waals surface area (Å²) < 4.78 is 0. The number of rotatable bonds is 3. The zero-order valence-electron chi connectivity index (χ0n) is 9.55. The van der Waals surface area contributed by atoms with Gasteiger partial charge in [-0.3, -0.25) is 4.79 Å². The molecule has 86 valence electrons. The second kappa shape index (κ2) is 4.47. The van der Waals surface area contributed by atoms with Crippen LogP contribution in [-0.4, -0.2) is 40.9 Å². The van der Waals surface area contributed by atoms with E-state index in [-0.39, 0.29) is 11.8 Å². The summed E-state index contributed by atoms with van der Waals surface area (Å²) in [6, 6.07) is 2.20. The Balaban J connectivity index is 1.79. The molecule has 0 atom stereocenters. The second-order valence-electron chi connectivity index (χ2n) is 4.34. The second-order valence-corrected chi connectivity index (χ2v) is 4.34.